The van der Waals surface area contributed by atoms with Gasteiger partial charge in [-0.2, -0.15) is 9.49 Å². The summed E-state index contributed by atoms with van der Waals surface area (Å²) in [6.45, 7) is 4.68. The van der Waals surface area contributed by atoms with Gasteiger partial charge in [0.25, 0.3) is 5.91 Å². The molecule has 5 heterocycles. The van der Waals surface area contributed by atoms with Crippen LogP contribution in [0.3, 0.4) is 0 Å². The summed E-state index contributed by atoms with van der Waals surface area (Å²) >= 11 is 0. The number of benzene rings is 2. The maximum atomic E-state index is 14.2. The number of rotatable bonds is 11. The van der Waals surface area contributed by atoms with E-state index in [2.05, 4.69) is 32.6 Å². The average Bonchev–Trinajstić information content (AvgIpc) is 3.83. The molecule has 1 saturated carbocycles. The van der Waals surface area contributed by atoms with Gasteiger partial charge in [0.1, 0.15) is 11.9 Å². The first kappa shape index (κ1) is 42.0. The minimum absolute atomic E-state index is 0.110. The van der Waals surface area contributed by atoms with Crippen molar-refractivity contribution in [2.24, 2.45) is 5.92 Å². The maximum Gasteiger partial charge on any atom is 0.321 e. The molecule has 15 nitrogen and oxygen atoms in total. The molecule has 2 aliphatic carbocycles. The van der Waals surface area contributed by atoms with Crippen LogP contribution in [-0.2, 0) is 9.59 Å². The fraction of sp³-hybridized carbons (Fsp3) is 0.444. The average molecular weight is 867 g/mol. The fourth-order valence-corrected chi connectivity index (χ4v) is 9.62. The Bertz CT molecular complexity index is 2500. The third-order valence-electron chi connectivity index (χ3n) is 13.3. The van der Waals surface area contributed by atoms with Crippen LogP contribution >= 0.6 is 0 Å². The van der Waals surface area contributed by atoms with Crippen molar-refractivity contribution in [3.63, 3.8) is 0 Å². The number of hydrogen-bond donors (Lipinski definition) is 3. The number of fused-ring (bicyclic) bond motifs is 2. The van der Waals surface area contributed by atoms with Gasteiger partial charge in [0.15, 0.2) is 17.4 Å². The first-order valence-corrected chi connectivity index (χ1v) is 21.6. The smallest absolute Gasteiger partial charge is 0.321 e. The number of amides is 5. The zero-order valence-electron chi connectivity index (χ0n) is 34.9. The number of nitrogens with zero attached hydrogens (tertiary/aromatic N) is 8. The number of allylic oxidation sites excluding steroid dienone is 2. The van der Waals surface area contributed by atoms with Crippen molar-refractivity contribution in [1.82, 2.24) is 45.1 Å². The van der Waals surface area contributed by atoms with E-state index in [1.54, 1.807) is 23.0 Å². The van der Waals surface area contributed by atoms with Crippen molar-refractivity contribution in [2.45, 2.75) is 75.5 Å². The van der Waals surface area contributed by atoms with E-state index in [9.17, 15) is 37.5 Å². The molecule has 4 fully saturated rings. The van der Waals surface area contributed by atoms with Crippen molar-refractivity contribution in [1.29, 1.82) is 0 Å². The molecule has 2 aromatic carbocycles. The highest BCUT2D eigenvalue weighted by molar-refractivity contribution is 6.02. The molecule has 4 aromatic rings. The van der Waals surface area contributed by atoms with Crippen LogP contribution in [-0.4, -0.2) is 128 Å². The van der Waals surface area contributed by atoms with Gasteiger partial charge in [-0.25, -0.2) is 18.6 Å². The predicted molar refractivity (Wildman–Crippen MR) is 226 cm³/mol. The highest BCUT2D eigenvalue weighted by Gasteiger charge is 2.48. The molecule has 3 aliphatic heterocycles. The van der Waals surface area contributed by atoms with Crippen molar-refractivity contribution >= 4 is 40.5 Å². The van der Waals surface area contributed by atoms with Gasteiger partial charge in [-0.05, 0) is 69.5 Å². The Hall–Kier alpha value is -6.30. The first-order valence-electron chi connectivity index (χ1n) is 21.6. The number of aromatic nitrogens is 4. The van der Waals surface area contributed by atoms with E-state index in [-0.39, 0.29) is 48.9 Å². The van der Waals surface area contributed by atoms with Crippen LogP contribution in [0.5, 0.6) is 5.75 Å². The van der Waals surface area contributed by atoms with Gasteiger partial charge < -0.3 is 25.1 Å². The number of hydrogen-bond acceptors (Lipinski definition) is 10. The molecule has 3 saturated heterocycles. The lowest BCUT2D eigenvalue weighted by Crippen LogP contribution is -2.55. The topological polar surface area (TPSA) is 169 Å². The van der Waals surface area contributed by atoms with Crippen LogP contribution < -0.4 is 15.5 Å². The lowest BCUT2D eigenvalue weighted by molar-refractivity contribution is -0.136. The minimum Gasteiger partial charge on any atom is -0.503 e. The SMILES string of the molecule is CN1C(=O)N(C2CCC(=O)NC2=O)C2C=CC(CCCN3CCN(c4cnc(-c5ccc6cn(C7CCC(CNC(=O)c8cc(F)c(O)c(F)c8F)CC7)nc6c5)cn4)CC3)=CC21. The Kier molecular flexibility index (Phi) is 11.6. The molecule has 9 rings (SSSR count). The van der Waals surface area contributed by atoms with Gasteiger partial charge >= 0.3 is 6.03 Å². The highest BCUT2D eigenvalue weighted by atomic mass is 19.2. The molecule has 0 bridgehead atoms. The summed E-state index contributed by atoms with van der Waals surface area (Å²) < 4.78 is 43.6. The van der Waals surface area contributed by atoms with Crippen LogP contribution in [0.2, 0.25) is 0 Å². The van der Waals surface area contributed by atoms with Crippen LogP contribution in [0.4, 0.5) is 23.8 Å². The summed E-state index contributed by atoms with van der Waals surface area (Å²) in [7, 11) is 1.77. The van der Waals surface area contributed by atoms with Gasteiger partial charge in [0, 0.05) is 63.3 Å². The van der Waals surface area contributed by atoms with Gasteiger partial charge in [-0.1, -0.05) is 35.9 Å². The predicted octanol–water partition coefficient (Wildman–Crippen LogP) is 5.09. The molecular formula is C45H49F3N10O5. The quantitative estimate of drug-likeness (QED) is 0.137. The van der Waals surface area contributed by atoms with Crippen LogP contribution in [0.25, 0.3) is 22.2 Å². The number of phenols is 1. The summed E-state index contributed by atoms with van der Waals surface area (Å²) in [5, 5.41) is 20.1. The zero-order valence-corrected chi connectivity index (χ0v) is 34.9. The van der Waals surface area contributed by atoms with Crippen molar-refractivity contribution in [3.8, 4) is 17.0 Å². The molecule has 5 aliphatic rings. The number of carbonyl (C=O) groups excluding carboxylic acids is 4. The summed E-state index contributed by atoms with van der Waals surface area (Å²) in [5.74, 6) is -6.91. The number of piperazine rings is 1. The van der Waals surface area contributed by atoms with Crippen molar-refractivity contribution in [2.75, 3.05) is 51.2 Å². The Morgan fingerprint density at radius 2 is 1.75 bits per heavy atom. The lowest BCUT2D eigenvalue weighted by atomic mass is 9.86. The van der Waals surface area contributed by atoms with E-state index >= 15 is 0 Å². The number of carbonyl (C=O) groups is 4. The summed E-state index contributed by atoms with van der Waals surface area (Å²) in [5.41, 5.74) is 2.91. The molecule has 0 radical (unpaired) electrons. The second-order valence-corrected chi connectivity index (χ2v) is 17.2. The van der Waals surface area contributed by atoms with E-state index in [0.29, 0.717) is 12.5 Å². The Labute approximate surface area is 361 Å². The van der Waals surface area contributed by atoms with Crippen molar-refractivity contribution in [3.05, 3.63) is 89.7 Å². The summed E-state index contributed by atoms with van der Waals surface area (Å²) in [6, 6.07) is 5.50. The first-order chi connectivity index (χ1) is 30.4. The monoisotopic (exact) mass is 866 g/mol. The lowest BCUT2D eigenvalue weighted by Gasteiger charge is -2.35. The molecule has 2 aromatic heterocycles. The Morgan fingerprint density at radius 3 is 2.49 bits per heavy atom. The number of nitrogens with one attached hydrogen (secondary N) is 2. The van der Waals surface area contributed by atoms with E-state index in [1.165, 1.54) is 5.57 Å². The molecule has 63 heavy (non-hydrogen) atoms. The number of anilines is 1. The molecule has 330 valence electrons. The second-order valence-electron chi connectivity index (χ2n) is 17.2. The zero-order chi connectivity index (χ0) is 43.9. The fourth-order valence-electron chi connectivity index (χ4n) is 9.62. The standard InChI is InChI=1S/C45H49F3N10O5/c1-54-37-19-26(6-11-35(37)58(45(54)63)36-12-13-39(59)52-44(36)62)3-2-14-55-15-17-56(18-16-55)38-24-49-34(23-50-38)28-7-8-29-25-57(53-33(29)20-28)30-9-4-27(5-10-30)22-51-43(61)31-21-32(46)42(60)41(48)40(31)47/h6-8,11,19-21,23-25,27,30,35-37,60H,2-5,9-10,12-18,22H2,1H3,(H,51,61)(H,52,59,62). The number of piperidine rings is 1. The summed E-state index contributed by atoms with van der Waals surface area (Å²) in [6.07, 6.45) is 17.5. The molecule has 0 spiro atoms. The number of likely N-dealkylation sites (N-methyl/N-ethyl adjacent to an activating group) is 1. The number of halogens is 3. The van der Waals surface area contributed by atoms with Gasteiger partial charge in [0.2, 0.25) is 17.6 Å². The number of imide groups is 1. The molecular weight excluding hydrogens is 818 g/mol. The van der Waals surface area contributed by atoms with Crippen LogP contribution in [0, 0.1) is 23.4 Å². The molecule has 3 N–H and O–H groups in total. The van der Waals surface area contributed by atoms with Gasteiger partial charge in [0.05, 0.1) is 47.3 Å². The number of urea groups is 1. The second kappa shape index (κ2) is 17.5. The third kappa shape index (κ3) is 8.47. The van der Waals surface area contributed by atoms with Crippen LogP contribution in [0.1, 0.15) is 67.8 Å². The third-order valence-corrected chi connectivity index (χ3v) is 13.3. The van der Waals surface area contributed by atoms with Crippen LogP contribution in [0.15, 0.2) is 66.7 Å². The Balaban J connectivity index is 0.720. The van der Waals surface area contributed by atoms with E-state index < -0.39 is 46.6 Å². The highest BCUT2D eigenvalue weighted by Crippen LogP contribution is 2.35. The summed E-state index contributed by atoms with van der Waals surface area (Å²) in [4.78, 5) is 67.5. The largest absolute Gasteiger partial charge is 0.503 e. The normalized spacial score (nSPS) is 24.2. The van der Waals surface area contributed by atoms with E-state index in [0.717, 1.165) is 99.2 Å². The maximum absolute atomic E-state index is 14.2. The number of phenolic OH excluding ortho intramolecular Hbond substituents is 1. The van der Waals surface area contributed by atoms with Gasteiger partial charge in [-0.15, -0.1) is 0 Å². The molecule has 3 unspecified atom stereocenters. The molecule has 3 atom stereocenters. The van der Waals surface area contributed by atoms with E-state index in [1.807, 2.05) is 41.4 Å². The molecule has 18 heteroatoms. The minimum atomic E-state index is -1.79. The van der Waals surface area contributed by atoms with Crippen molar-refractivity contribution < 1.29 is 37.5 Å². The molecule has 5 amide bonds. The number of aromatic hydroxyl groups is 1. The Morgan fingerprint density at radius 1 is 0.952 bits per heavy atom. The van der Waals surface area contributed by atoms with E-state index in [4.69, 9.17) is 15.1 Å². The van der Waals surface area contributed by atoms with Gasteiger partial charge in [-0.3, -0.25) is 34.3 Å².